The maximum atomic E-state index is 6.92. The lowest BCUT2D eigenvalue weighted by molar-refractivity contribution is 0.446. The quantitative estimate of drug-likeness (QED) is 0.156. The smallest absolute Gasteiger partial charge is 0.150 e. The Hall–Kier alpha value is -12.9. The molecular formula is C102H67BrN2O2S2. The summed E-state index contributed by atoms with van der Waals surface area (Å²) in [6, 6.07) is 143. The van der Waals surface area contributed by atoms with Gasteiger partial charge >= 0.3 is 0 Å². The molecule has 109 heavy (non-hydrogen) atoms. The van der Waals surface area contributed by atoms with Crippen molar-refractivity contribution < 1.29 is 9.47 Å². The minimum absolute atomic E-state index is 0.354. The fourth-order valence-electron chi connectivity index (χ4n) is 16.9. The predicted molar refractivity (Wildman–Crippen MR) is 459 cm³/mol. The van der Waals surface area contributed by atoms with Gasteiger partial charge in [-0.2, -0.15) is 0 Å². The molecule has 2 aromatic heterocycles. The first-order valence-electron chi connectivity index (χ1n) is 36.9. The number of hydrogen-bond acceptors (Lipinski definition) is 6. The van der Waals surface area contributed by atoms with E-state index in [-0.39, 0.29) is 5.41 Å². The molecule has 516 valence electrons. The average Bonchev–Trinajstić information content (AvgIpc) is 1.53. The van der Waals surface area contributed by atoms with Crippen molar-refractivity contribution in [3.8, 4) is 89.8 Å². The van der Waals surface area contributed by atoms with Gasteiger partial charge in [0.05, 0.1) is 20.6 Å². The maximum absolute atomic E-state index is 6.92. The number of nitrogens with zero attached hydrogens (tertiary/aromatic N) is 1. The minimum Gasteiger partial charge on any atom is -0.455 e. The van der Waals surface area contributed by atoms with Gasteiger partial charge in [0.2, 0.25) is 0 Å². The summed E-state index contributed by atoms with van der Waals surface area (Å²) in [5, 5.41) is 5.77. The first kappa shape index (κ1) is 65.6. The summed E-state index contributed by atoms with van der Waals surface area (Å²) < 4.78 is 17.0. The first-order chi connectivity index (χ1) is 53.9. The van der Waals surface area contributed by atoms with Crippen LogP contribution in [0.1, 0.15) is 43.1 Å². The summed E-state index contributed by atoms with van der Waals surface area (Å²) in [7, 11) is 0. The Kier molecular flexibility index (Phi) is 16.5. The lowest BCUT2D eigenvalue weighted by Crippen LogP contribution is -2.30. The van der Waals surface area contributed by atoms with Crippen LogP contribution in [0.5, 0.6) is 23.0 Å². The summed E-state index contributed by atoms with van der Waals surface area (Å²) >= 11 is 7.35. The van der Waals surface area contributed by atoms with E-state index < -0.39 is 5.41 Å². The number of rotatable bonds is 9. The van der Waals surface area contributed by atoms with Crippen LogP contribution in [-0.2, 0) is 10.8 Å². The molecule has 2 aliphatic carbocycles. The van der Waals surface area contributed by atoms with Crippen LogP contribution in [0.4, 0.5) is 28.4 Å². The second-order valence-corrected chi connectivity index (χ2v) is 30.9. The standard InChI is InChI=1S/C51H33NOS.C27H15BrOS.C24H19N/c1-3-13-34(14-4-1)36-23-27-38(28-24-36)52(39-29-25-37(26-30-39)35-15-5-2-6-16-35)40-31-32-43-48(33-40)54-50-49(43)53-47-22-12-11-21-46(47)51(50)44-19-9-7-17-41(44)42-18-8-10-20-45(42)51;28-16-13-14-19-24(15-16)30-26-25(19)29-23-12-6-5-11-22(23)27(26)20-9-3-1-7-17(20)18-8-2-4-10-21(18)27;1-3-7-19(8-4-1)21-11-15-23(16-12-21)25-24-17-13-22(14-18-24)20-9-5-2-6-10-20/h1-33H;1-15H;1-18,25H. The Morgan fingerprint density at radius 2 is 0.541 bits per heavy atom. The van der Waals surface area contributed by atoms with Gasteiger partial charge < -0.3 is 19.7 Å². The van der Waals surface area contributed by atoms with Gasteiger partial charge in [-0.3, -0.25) is 0 Å². The molecule has 2 spiro atoms. The molecule has 0 atom stereocenters. The van der Waals surface area contributed by atoms with E-state index in [1.807, 2.05) is 34.8 Å². The lowest BCUT2D eigenvalue weighted by atomic mass is 9.69. The summed E-state index contributed by atoms with van der Waals surface area (Å²) in [5.74, 6) is 3.81. The van der Waals surface area contributed by atoms with Gasteiger partial charge in [0.1, 0.15) is 11.5 Å². The van der Waals surface area contributed by atoms with Crippen molar-refractivity contribution in [2.45, 2.75) is 10.8 Å². The highest BCUT2D eigenvalue weighted by Gasteiger charge is 2.54. The summed E-state index contributed by atoms with van der Waals surface area (Å²) in [6.45, 7) is 0. The van der Waals surface area contributed by atoms with Crippen LogP contribution in [-0.4, -0.2) is 0 Å². The summed E-state index contributed by atoms with van der Waals surface area (Å²) in [6.07, 6.45) is 0. The number of halogens is 1. The molecule has 22 rings (SSSR count). The van der Waals surface area contributed by atoms with E-state index in [0.717, 1.165) is 61.3 Å². The number of anilines is 5. The Morgan fingerprint density at radius 3 is 0.908 bits per heavy atom. The molecule has 4 nitrogen and oxygen atoms in total. The van der Waals surface area contributed by atoms with Crippen molar-refractivity contribution in [3.63, 3.8) is 0 Å². The van der Waals surface area contributed by atoms with E-state index in [4.69, 9.17) is 9.47 Å². The molecule has 0 amide bonds. The first-order valence-corrected chi connectivity index (χ1v) is 39.3. The highest BCUT2D eigenvalue weighted by Crippen LogP contribution is 2.67. The highest BCUT2D eigenvalue weighted by molar-refractivity contribution is 9.10. The van der Waals surface area contributed by atoms with Crippen LogP contribution < -0.4 is 19.7 Å². The molecule has 0 unspecified atom stereocenters. The largest absolute Gasteiger partial charge is 0.455 e. The van der Waals surface area contributed by atoms with Gasteiger partial charge in [-0.15, -0.1) is 22.7 Å². The van der Waals surface area contributed by atoms with Crippen LogP contribution in [0.15, 0.2) is 405 Å². The number of thiophene rings is 2. The van der Waals surface area contributed by atoms with E-state index in [9.17, 15) is 0 Å². The molecule has 7 heteroatoms. The molecular weight excluding hydrogens is 1430 g/mol. The van der Waals surface area contributed by atoms with Crippen LogP contribution in [0.3, 0.4) is 0 Å². The number of hydrogen-bond donors (Lipinski definition) is 1. The van der Waals surface area contributed by atoms with Crippen LogP contribution >= 0.6 is 38.6 Å². The molecule has 0 radical (unpaired) electrons. The van der Waals surface area contributed by atoms with Crippen molar-refractivity contribution in [1.82, 2.24) is 0 Å². The molecule has 1 N–H and O–H groups in total. The average molecular weight is 1500 g/mol. The molecule has 18 aromatic rings. The second-order valence-electron chi connectivity index (χ2n) is 27.9. The number of ether oxygens (including phenoxy) is 2. The Morgan fingerprint density at radius 1 is 0.257 bits per heavy atom. The van der Waals surface area contributed by atoms with E-state index in [0.29, 0.717) is 0 Å². The topological polar surface area (TPSA) is 33.7 Å². The zero-order chi connectivity index (χ0) is 72.4. The lowest BCUT2D eigenvalue weighted by Gasteiger charge is -2.37. The zero-order valence-electron chi connectivity index (χ0n) is 59.1. The van der Waals surface area contributed by atoms with Gasteiger partial charge in [-0.05, 0) is 186 Å². The highest BCUT2D eigenvalue weighted by atomic mass is 79.9. The fourth-order valence-corrected chi connectivity index (χ4v) is 20.2. The molecule has 0 saturated carbocycles. The third-order valence-electron chi connectivity index (χ3n) is 21.8. The van der Waals surface area contributed by atoms with E-state index in [1.165, 1.54) is 125 Å². The molecule has 0 saturated heterocycles. The molecule has 2 aliphatic heterocycles. The van der Waals surface area contributed by atoms with E-state index in [2.05, 4.69) is 414 Å². The number of benzene rings is 16. The molecule has 4 heterocycles. The summed E-state index contributed by atoms with van der Waals surface area (Å²) in [4.78, 5) is 4.87. The Balaban J connectivity index is 0.000000119. The third-order valence-corrected chi connectivity index (χ3v) is 24.8. The molecule has 4 aliphatic rings. The molecule has 16 aromatic carbocycles. The third kappa shape index (κ3) is 11.2. The Bertz CT molecular complexity index is 6180. The van der Waals surface area contributed by atoms with Crippen molar-refractivity contribution in [1.29, 1.82) is 0 Å². The second kappa shape index (κ2) is 27.5. The minimum atomic E-state index is -0.471. The summed E-state index contributed by atoms with van der Waals surface area (Å²) in [5.41, 5.74) is 27.3. The van der Waals surface area contributed by atoms with Gasteiger partial charge in [0, 0.05) is 64.2 Å². The van der Waals surface area contributed by atoms with E-state index >= 15 is 0 Å². The monoisotopic (exact) mass is 1490 g/mol. The molecule has 0 fully saturated rings. The fraction of sp³-hybridized carbons (Fsp3) is 0.0196. The van der Waals surface area contributed by atoms with Gasteiger partial charge in [0.25, 0.3) is 0 Å². The van der Waals surface area contributed by atoms with Crippen molar-refractivity contribution in [2.24, 2.45) is 0 Å². The Labute approximate surface area is 650 Å². The molecule has 0 bridgehead atoms. The van der Waals surface area contributed by atoms with Crippen molar-refractivity contribution >= 4 is 87.2 Å². The van der Waals surface area contributed by atoms with Crippen LogP contribution in [0.25, 0.3) is 86.9 Å². The van der Waals surface area contributed by atoms with Crippen molar-refractivity contribution in [2.75, 3.05) is 10.2 Å². The van der Waals surface area contributed by atoms with Gasteiger partial charge in [-0.25, -0.2) is 0 Å². The number of fused-ring (bicyclic) bond motifs is 22. The maximum Gasteiger partial charge on any atom is 0.150 e. The normalized spacial score (nSPS) is 12.9. The van der Waals surface area contributed by atoms with Gasteiger partial charge in [-0.1, -0.05) is 319 Å². The number of para-hydroxylation sites is 2. The van der Waals surface area contributed by atoms with Crippen molar-refractivity contribution in [3.05, 3.63) is 448 Å². The zero-order valence-corrected chi connectivity index (χ0v) is 62.3. The number of nitrogens with one attached hydrogen (secondary N) is 1. The predicted octanol–water partition coefficient (Wildman–Crippen LogP) is 29.1. The van der Waals surface area contributed by atoms with E-state index in [1.54, 1.807) is 0 Å². The van der Waals surface area contributed by atoms with Gasteiger partial charge in [0.15, 0.2) is 11.5 Å². The van der Waals surface area contributed by atoms with Crippen LogP contribution in [0, 0.1) is 0 Å². The SMILES string of the molecule is Brc1ccc2c3c(sc2c1)C1(c2ccccc2O3)c2ccccc2-c2ccccc21.c1ccc(-c2ccc(N(c3ccc(-c4ccccc4)cc3)c3ccc4c5c(sc4c3)C3(c4ccccc4O5)c4ccccc4-c4ccccc43)cc2)cc1.c1ccc(-c2ccc(Nc3ccc(-c4ccccc4)cc3)cc2)cc1. The van der Waals surface area contributed by atoms with Crippen LogP contribution in [0.2, 0.25) is 0 Å².